The lowest BCUT2D eigenvalue weighted by molar-refractivity contribution is 1.04. The highest BCUT2D eigenvalue weighted by molar-refractivity contribution is 8.14. The maximum absolute atomic E-state index is 4.17. The third-order valence-electron chi connectivity index (χ3n) is 2.09. The van der Waals surface area contributed by atoms with Gasteiger partial charge in [-0.2, -0.15) is 0 Å². The van der Waals surface area contributed by atoms with Gasteiger partial charge in [0.25, 0.3) is 0 Å². The van der Waals surface area contributed by atoms with Gasteiger partial charge in [0.15, 0.2) is 0 Å². The van der Waals surface area contributed by atoms with Gasteiger partial charge in [0.1, 0.15) is 0 Å². The molecular weight excluding hydrogens is 176 g/mol. The Kier molecular flexibility index (Phi) is 1.97. The van der Waals surface area contributed by atoms with Crippen LogP contribution >= 0.6 is 23.5 Å². The summed E-state index contributed by atoms with van der Waals surface area (Å²) < 4.78 is 0. The predicted octanol–water partition coefficient (Wildman–Crippen LogP) is 2.07. The number of nitrogens with zero attached hydrogens (tertiary/aromatic N) is 2. The van der Waals surface area contributed by atoms with Crippen molar-refractivity contribution in [1.29, 1.82) is 0 Å². The average molecular weight is 186 g/mol. The van der Waals surface area contributed by atoms with E-state index < -0.39 is 0 Å². The number of thioether (sulfide) groups is 2. The van der Waals surface area contributed by atoms with Gasteiger partial charge >= 0.3 is 0 Å². The second-order valence-electron chi connectivity index (χ2n) is 2.73. The monoisotopic (exact) mass is 186 g/mol. The Hall–Kier alpha value is 0.0400. The molecule has 0 aromatic carbocycles. The maximum atomic E-state index is 4.17. The second-order valence-corrected chi connectivity index (χ2v) is 4.39. The van der Waals surface area contributed by atoms with Crippen LogP contribution in [0.25, 0.3) is 0 Å². The van der Waals surface area contributed by atoms with Crippen LogP contribution in [-0.4, -0.2) is 22.6 Å². The Morgan fingerprint density at radius 1 is 1.09 bits per heavy atom. The molecule has 0 aromatic heterocycles. The molecule has 1 aliphatic carbocycles. The predicted molar refractivity (Wildman–Crippen MR) is 53.5 cm³/mol. The van der Waals surface area contributed by atoms with Crippen LogP contribution in [-0.2, 0) is 0 Å². The first-order valence-corrected chi connectivity index (χ1v) is 6.05. The number of fused-ring (bicyclic) bond motifs is 1. The Balaban J connectivity index is 2.19. The molecule has 0 bridgehead atoms. The molecule has 2 nitrogen and oxygen atoms in total. The molecule has 2 aliphatic rings. The average Bonchev–Trinajstić information content (AvgIpc) is 2.81. The molecule has 2 unspecified atom stereocenters. The number of rotatable bonds is 0. The van der Waals surface area contributed by atoms with Crippen molar-refractivity contribution in [2.24, 2.45) is 22.0 Å². The summed E-state index contributed by atoms with van der Waals surface area (Å²) in [5.74, 6) is 1.45. The Bertz CT molecular complexity index is 211. The second kappa shape index (κ2) is 2.83. The maximum Gasteiger partial charge on any atom is 0.0994 e. The summed E-state index contributed by atoms with van der Waals surface area (Å²) in [6, 6.07) is 0. The van der Waals surface area contributed by atoms with Crippen molar-refractivity contribution in [3.63, 3.8) is 0 Å². The van der Waals surface area contributed by atoms with Gasteiger partial charge in [-0.05, 0) is 18.9 Å². The molecule has 0 spiro atoms. The summed E-state index contributed by atoms with van der Waals surface area (Å²) in [7, 11) is 0. The van der Waals surface area contributed by atoms with Crippen molar-refractivity contribution >= 4 is 33.6 Å². The summed E-state index contributed by atoms with van der Waals surface area (Å²) in [6.07, 6.45) is 5.43. The van der Waals surface area contributed by atoms with Gasteiger partial charge in [0.05, 0.1) is 10.1 Å². The molecule has 0 amide bonds. The van der Waals surface area contributed by atoms with Crippen LogP contribution in [0, 0.1) is 11.8 Å². The molecule has 60 valence electrons. The minimum absolute atomic E-state index is 0.727. The van der Waals surface area contributed by atoms with E-state index in [-0.39, 0.29) is 0 Å². The van der Waals surface area contributed by atoms with Crippen molar-refractivity contribution in [3.05, 3.63) is 0 Å². The van der Waals surface area contributed by atoms with Crippen LogP contribution in [0.5, 0.6) is 0 Å². The fourth-order valence-corrected chi connectivity index (χ4v) is 2.74. The van der Waals surface area contributed by atoms with E-state index in [1.807, 2.05) is 0 Å². The molecule has 0 saturated heterocycles. The standard InChI is InChI=1S/C7H10N2S2/c1-10-6-4-3-5(4)7(11-2)9-8-6/h4-5H,3H2,1-2H3. The lowest BCUT2D eigenvalue weighted by atomic mass is 10.3. The van der Waals surface area contributed by atoms with Crippen LogP contribution < -0.4 is 0 Å². The fraction of sp³-hybridized carbons (Fsp3) is 0.714. The first kappa shape index (κ1) is 7.68. The summed E-state index contributed by atoms with van der Waals surface area (Å²) >= 11 is 3.48. The van der Waals surface area contributed by atoms with E-state index in [1.54, 1.807) is 23.5 Å². The van der Waals surface area contributed by atoms with Crippen LogP contribution in [0.2, 0.25) is 0 Å². The van der Waals surface area contributed by atoms with E-state index in [1.165, 1.54) is 16.5 Å². The van der Waals surface area contributed by atoms with Crippen molar-refractivity contribution in [1.82, 2.24) is 0 Å². The molecule has 2 rings (SSSR count). The molecular formula is C7H10N2S2. The van der Waals surface area contributed by atoms with Gasteiger partial charge in [-0.25, -0.2) is 0 Å². The van der Waals surface area contributed by atoms with Crippen LogP contribution in [0.3, 0.4) is 0 Å². The Morgan fingerprint density at radius 3 is 1.91 bits per heavy atom. The smallest absolute Gasteiger partial charge is 0.0994 e. The van der Waals surface area contributed by atoms with Gasteiger partial charge in [-0.3, -0.25) is 0 Å². The lowest BCUT2D eigenvalue weighted by Crippen LogP contribution is -2.07. The van der Waals surface area contributed by atoms with Gasteiger partial charge in [0.2, 0.25) is 0 Å². The van der Waals surface area contributed by atoms with Crippen LogP contribution in [0.1, 0.15) is 6.42 Å². The van der Waals surface area contributed by atoms with E-state index >= 15 is 0 Å². The van der Waals surface area contributed by atoms with Crippen molar-refractivity contribution in [3.8, 4) is 0 Å². The first-order chi connectivity index (χ1) is 5.36. The van der Waals surface area contributed by atoms with E-state index in [9.17, 15) is 0 Å². The van der Waals surface area contributed by atoms with E-state index in [4.69, 9.17) is 0 Å². The highest BCUT2D eigenvalue weighted by Gasteiger charge is 2.46. The van der Waals surface area contributed by atoms with Gasteiger partial charge in [-0.15, -0.1) is 33.7 Å². The van der Waals surface area contributed by atoms with E-state index in [2.05, 4.69) is 22.7 Å². The molecule has 1 fully saturated rings. The SMILES string of the molecule is CSC1=NN=C(SC)C2CC12. The molecule has 2 atom stereocenters. The zero-order valence-electron chi connectivity index (χ0n) is 6.57. The van der Waals surface area contributed by atoms with Gasteiger partial charge < -0.3 is 0 Å². The summed E-state index contributed by atoms with van der Waals surface area (Å²) in [4.78, 5) is 0. The largest absolute Gasteiger partial charge is 0.148 e. The lowest BCUT2D eigenvalue weighted by Gasteiger charge is -2.06. The molecule has 0 radical (unpaired) electrons. The third kappa shape index (κ3) is 1.22. The Labute approximate surface area is 74.9 Å². The zero-order chi connectivity index (χ0) is 7.84. The number of hydrogen-bond donors (Lipinski definition) is 0. The molecule has 0 N–H and O–H groups in total. The molecule has 4 heteroatoms. The molecule has 1 saturated carbocycles. The summed E-state index contributed by atoms with van der Waals surface area (Å²) in [6.45, 7) is 0. The van der Waals surface area contributed by atoms with Gasteiger partial charge in [-0.1, -0.05) is 0 Å². The quantitative estimate of drug-likeness (QED) is 0.578. The summed E-state index contributed by atoms with van der Waals surface area (Å²) in [5.41, 5.74) is 0. The van der Waals surface area contributed by atoms with E-state index in [0.717, 1.165) is 11.8 Å². The molecule has 1 heterocycles. The first-order valence-electron chi connectivity index (χ1n) is 3.60. The third-order valence-corrected chi connectivity index (χ3v) is 3.70. The van der Waals surface area contributed by atoms with E-state index in [0.29, 0.717) is 0 Å². The highest BCUT2D eigenvalue weighted by Crippen LogP contribution is 2.47. The molecule has 1 aliphatic heterocycles. The fourth-order valence-electron chi connectivity index (χ4n) is 1.37. The zero-order valence-corrected chi connectivity index (χ0v) is 8.21. The van der Waals surface area contributed by atoms with Crippen LogP contribution in [0.4, 0.5) is 0 Å². The van der Waals surface area contributed by atoms with Crippen molar-refractivity contribution < 1.29 is 0 Å². The topological polar surface area (TPSA) is 24.7 Å². The number of hydrogen-bond acceptors (Lipinski definition) is 4. The Morgan fingerprint density at radius 2 is 1.55 bits per heavy atom. The van der Waals surface area contributed by atoms with Crippen LogP contribution in [0.15, 0.2) is 10.2 Å². The minimum atomic E-state index is 0.727. The molecule has 0 aromatic rings. The van der Waals surface area contributed by atoms with Gasteiger partial charge in [0, 0.05) is 11.8 Å². The van der Waals surface area contributed by atoms with Crippen molar-refractivity contribution in [2.45, 2.75) is 6.42 Å². The molecule has 11 heavy (non-hydrogen) atoms. The summed E-state index contributed by atoms with van der Waals surface area (Å²) in [5, 5.41) is 10.8. The van der Waals surface area contributed by atoms with Crippen molar-refractivity contribution in [2.75, 3.05) is 12.5 Å². The minimum Gasteiger partial charge on any atom is -0.148 e. The highest BCUT2D eigenvalue weighted by atomic mass is 32.2. The normalized spacial score (nSPS) is 34.0.